The summed E-state index contributed by atoms with van der Waals surface area (Å²) < 4.78 is 12.9. The third-order valence-corrected chi connectivity index (χ3v) is 5.62. The molecule has 1 aliphatic rings. The molecule has 2 amide bonds. The van der Waals surface area contributed by atoms with Crippen molar-refractivity contribution in [2.45, 2.75) is 26.3 Å². The van der Waals surface area contributed by atoms with E-state index in [0.717, 1.165) is 18.4 Å². The molecule has 0 radical (unpaired) electrons. The number of nitrogens with one attached hydrogen (secondary N) is 1. The van der Waals surface area contributed by atoms with E-state index < -0.39 is 5.95 Å². The second-order valence-corrected chi connectivity index (χ2v) is 8.25. The Balaban J connectivity index is 1.43. The van der Waals surface area contributed by atoms with E-state index in [1.807, 2.05) is 12.1 Å². The van der Waals surface area contributed by atoms with E-state index in [1.165, 1.54) is 18.5 Å². The second kappa shape index (κ2) is 9.44. The van der Waals surface area contributed by atoms with Crippen LogP contribution in [0.1, 0.15) is 35.7 Å². The number of anilines is 1. The fraction of sp³-hybridized carbons (Fsp3) is 0.250. The summed E-state index contributed by atoms with van der Waals surface area (Å²) in [6.07, 6.45) is 5.15. The molecule has 0 atom stereocenters. The van der Waals surface area contributed by atoms with Crippen LogP contribution in [-0.2, 0) is 11.3 Å². The smallest absolute Gasteiger partial charge is 0.253 e. The van der Waals surface area contributed by atoms with Crippen molar-refractivity contribution in [3.05, 3.63) is 77.0 Å². The molecule has 1 aliphatic carbocycles. The number of carbonyl (C=O) groups is 2. The van der Waals surface area contributed by atoms with Crippen molar-refractivity contribution in [3.63, 3.8) is 0 Å². The van der Waals surface area contributed by atoms with Gasteiger partial charge in [-0.25, -0.2) is 4.98 Å². The van der Waals surface area contributed by atoms with E-state index >= 15 is 0 Å². The van der Waals surface area contributed by atoms with Gasteiger partial charge < -0.3 is 10.2 Å². The van der Waals surface area contributed by atoms with Crippen molar-refractivity contribution in [2.24, 2.45) is 5.92 Å². The van der Waals surface area contributed by atoms with Crippen LogP contribution in [0.3, 0.4) is 0 Å². The molecular formula is C24H22ClFN4O2. The van der Waals surface area contributed by atoms with Gasteiger partial charge in [-0.2, -0.15) is 4.39 Å². The molecule has 3 aromatic rings. The van der Waals surface area contributed by atoms with Gasteiger partial charge in [0.05, 0.1) is 22.0 Å². The average molecular weight is 453 g/mol. The molecule has 0 aliphatic heterocycles. The highest BCUT2D eigenvalue weighted by molar-refractivity contribution is 6.34. The van der Waals surface area contributed by atoms with Crippen LogP contribution in [0.5, 0.6) is 0 Å². The fourth-order valence-electron chi connectivity index (χ4n) is 3.33. The minimum absolute atomic E-state index is 0.0311. The molecule has 2 aromatic heterocycles. The minimum atomic E-state index is -0.565. The monoisotopic (exact) mass is 452 g/mol. The van der Waals surface area contributed by atoms with Gasteiger partial charge in [0.15, 0.2) is 0 Å². The van der Waals surface area contributed by atoms with Gasteiger partial charge in [-0.1, -0.05) is 23.7 Å². The number of nitrogens with zero attached hydrogens (tertiary/aromatic N) is 3. The Morgan fingerprint density at radius 3 is 2.53 bits per heavy atom. The van der Waals surface area contributed by atoms with E-state index in [0.29, 0.717) is 40.0 Å². The quantitative estimate of drug-likeness (QED) is 0.530. The molecule has 1 fully saturated rings. The van der Waals surface area contributed by atoms with Crippen LogP contribution in [0.25, 0.3) is 11.3 Å². The third kappa shape index (κ3) is 5.29. The first-order valence-corrected chi connectivity index (χ1v) is 10.7. The molecular weight excluding hydrogens is 431 g/mol. The van der Waals surface area contributed by atoms with Gasteiger partial charge in [-0.05, 0) is 54.7 Å². The van der Waals surface area contributed by atoms with E-state index in [2.05, 4.69) is 15.3 Å². The first kappa shape index (κ1) is 21.9. The molecule has 0 saturated heterocycles. The SMILES string of the molecule is CC(=O)N(CC1CC1)c1ccc(-c2ccc(C(=O)NCc3ccc(F)nc3)cn2)cc1Cl. The molecule has 0 bridgehead atoms. The maximum Gasteiger partial charge on any atom is 0.253 e. The maximum atomic E-state index is 12.9. The summed E-state index contributed by atoms with van der Waals surface area (Å²) in [5.74, 6) is -0.338. The van der Waals surface area contributed by atoms with Crippen molar-refractivity contribution in [3.8, 4) is 11.3 Å². The lowest BCUT2D eigenvalue weighted by atomic mass is 10.1. The zero-order valence-electron chi connectivity index (χ0n) is 17.5. The summed E-state index contributed by atoms with van der Waals surface area (Å²) in [7, 11) is 0. The van der Waals surface area contributed by atoms with Gasteiger partial charge in [-0.15, -0.1) is 0 Å². The predicted molar refractivity (Wildman–Crippen MR) is 121 cm³/mol. The van der Waals surface area contributed by atoms with E-state index in [4.69, 9.17) is 11.6 Å². The third-order valence-electron chi connectivity index (χ3n) is 5.32. The molecule has 1 N–H and O–H groups in total. The molecule has 0 spiro atoms. The summed E-state index contributed by atoms with van der Waals surface area (Å²) in [5, 5.41) is 3.24. The van der Waals surface area contributed by atoms with E-state index in [1.54, 1.807) is 36.1 Å². The maximum absolute atomic E-state index is 12.9. The second-order valence-electron chi connectivity index (χ2n) is 7.84. The highest BCUT2D eigenvalue weighted by atomic mass is 35.5. The zero-order chi connectivity index (χ0) is 22.7. The van der Waals surface area contributed by atoms with Gasteiger partial charge in [-0.3, -0.25) is 14.6 Å². The molecule has 32 heavy (non-hydrogen) atoms. The minimum Gasteiger partial charge on any atom is -0.348 e. The molecule has 1 aromatic carbocycles. The van der Waals surface area contributed by atoms with Crippen molar-refractivity contribution in [2.75, 3.05) is 11.4 Å². The topological polar surface area (TPSA) is 75.2 Å². The summed E-state index contributed by atoms with van der Waals surface area (Å²) in [5.41, 5.74) is 3.24. The zero-order valence-corrected chi connectivity index (χ0v) is 18.3. The Labute approximate surface area is 190 Å². The van der Waals surface area contributed by atoms with Gasteiger partial charge in [0.1, 0.15) is 0 Å². The number of hydrogen-bond acceptors (Lipinski definition) is 4. The van der Waals surface area contributed by atoms with Crippen LogP contribution in [0.4, 0.5) is 10.1 Å². The summed E-state index contributed by atoms with van der Waals surface area (Å²) >= 11 is 6.50. The van der Waals surface area contributed by atoms with Crippen molar-refractivity contribution in [1.29, 1.82) is 0 Å². The number of pyridine rings is 2. The van der Waals surface area contributed by atoms with Gasteiger partial charge in [0, 0.05) is 38.0 Å². The number of aromatic nitrogens is 2. The van der Waals surface area contributed by atoms with Gasteiger partial charge in [0.2, 0.25) is 11.9 Å². The van der Waals surface area contributed by atoms with Crippen LogP contribution in [0.15, 0.2) is 54.9 Å². The molecule has 2 heterocycles. The Morgan fingerprint density at radius 2 is 1.94 bits per heavy atom. The van der Waals surface area contributed by atoms with Crippen LogP contribution < -0.4 is 10.2 Å². The largest absolute Gasteiger partial charge is 0.348 e. The average Bonchev–Trinajstić information content (AvgIpc) is 3.61. The number of halogens is 2. The predicted octanol–water partition coefficient (Wildman–Crippen LogP) is 4.63. The number of hydrogen-bond donors (Lipinski definition) is 1. The molecule has 164 valence electrons. The van der Waals surface area contributed by atoms with E-state index in [-0.39, 0.29) is 18.4 Å². The lowest BCUT2D eigenvalue weighted by Gasteiger charge is -2.22. The van der Waals surface area contributed by atoms with Crippen LogP contribution >= 0.6 is 11.6 Å². The molecule has 0 unspecified atom stereocenters. The molecule has 6 nitrogen and oxygen atoms in total. The first-order chi connectivity index (χ1) is 15.4. The molecule has 1 saturated carbocycles. The lowest BCUT2D eigenvalue weighted by Crippen LogP contribution is -2.30. The molecule has 8 heteroatoms. The Morgan fingerprint density at radius 1 is 1.12 bits per heavy atom. The highest BCUT2D eigenvalue weighted by Gasteiger charge is 2.27. The highest BCUT2D eigenvalue weighted by Crippen LogP contribution is 2.35. The van der Waals surface area contributed by atoms with Crippen LogP contribution in [0, 0.1) is 11.9 Å². The lowest BCUT2D eigenvalue weighted by molar-refractivity contribution is -0.116. The Hall–Kier alpha value is -3.32. The summed E-state index contributed by atoms with van der Waals surface area (Å²) in [6, 6.07) is 11.7. The first-order valence-electron chi connectivity index (χ1n) is 10.3. The fourth-order valence-corrected chi connectivity index (χ4v) is 3.62. The summed E-state index contributed by atoms with van der Waals surface area (Å²) in [6.45, 7) is 2.47. The Kier molecular flexibility index (Phi) is 6.46. The number of amides is 2. The molecule has 4 rings (SSSR count). The van der Waals surface area contributed by atoms with Crippen LogP contribution in [-0.4, -0.2) is 28.3 Å². The normalized spacial score (nSPS) is 13.0. The van der Waals surface area contributed by atoms with Crippen LogP contribution in [0.2, 0.25) is 5.02 Å². The number of carbonyl (C=O) groups excluding carboxylic acids is 2. The summed E-state index contributed by atoms with van der Waals surface area (Å²) in [4.78, 5) is 34.1. The van der Waals surface area contributed by atoms with Crippen molar-refractivity contribution in [1.82, 2.24) is 15.3 Å². The van der Waals surface area contributed by atoms with Gasteiger partial charge in [0.25, 0.3) is 5.91 Å². The van der Waals surface area contributed by atoms with Crippen molar-refractivity contribution < 1.29 is 14.0 Å². The van der Waals surface area contributed by atoms with Crippen molar-refractivity contribution >= 4 is 29.1 Å². The standard InChI is InChI=1S/C24H22ClFN4O2/c1-15(31)30(14-16-2-3-16)22-8-6-18(10-20(22)25)21-7-5-19(13-27-21)24(32)29-12-17-4-9-23(26)28-11-17/h4-11,13,16H,2-3,12,14H2,1H3,(H,29,32). The Bertz CT molecular complexity index is 1130. The van der Waals surface area contributed by atoms with Gasteiger partial charge >= 0.3 is 0 Å². The number of rotatable bonds is 7. The van der Waals surface area contributed by atoms with E-state index in [9.17, 15) is 14.0 Å². The number of benzene rings is 1.